The highest BCUT2D eigenvalue weighted by Gasteiger charge is 2.14. The molecule has 1 heterocycles. The van der Waals surface area contributed by atoms with Crippen molar-refractivity contribution in [2.75, 3.05) is 13.7 Å². The van der Waals surface area contributed by atoms with E-state index in [4.69, 9.17) is 14.9 Å². The van der Waals surface area contributed by atoms with Crippen LogP contribution >= 0.6 is 0 Å². The van der Waals surface area contributed by atoms with E-state index in [1.54, 1.807) is 7.11 Å². The van der Waals surface area contributed by atoms with Crippen LogP contribution in [0.3, 0.4) is 0 Å². The van der Waals surface area contributed by atoms with Gasteiger partial charge in [0.05, 0.1) is 7.11 Å². The number of rotatable bonds is 6. The lowest BCUT2D eigenvalue weighted by Gasteiger charge is -2.14. The first kappa shape index (κ1) is 13.9. The van der Waals surface area contributed by atoms with Gasteiger partial charge in [0.15, 0.2) is 11.5 Å². The smallest absolute Gasteiger partial charge is 0.195 e. The minimum Gasteiger partial charge on any atom is -0.497 e. The van der Waals surface area contributed by atoms with Gasteiger partial charge < -0.3 is 14.9 Å². The SMILES string of the molecule is COc1ccc2nc(CC(CN)CC(C)C)oc2c1. The zero-order chi connectivity index (χ0) is 13.8. The molecule has 2 aromatic rings. The maximum absolute atomic E-state index is 5.82. The summed E-state index contributed by atoms with van der Waals surface area (Å²) in [6.07, 6.45) is 1.89. The molecule has 0 aliphatic rings. The van der Waals surface area contributed by atoms with Crippen molar-refractivity contribution in [3.05, 3.63) is 24.1 Å². The highest BCUT2D eigenvalue weighted by molar-refractivity contribution is 5.74. The summed E-state index contributed by atoms with van der Waals surface area (Å²) in [6, 6.07) is 5.68. The first-order valence-electron chi connectivity index (χ1n) is 6.76. The van der Waals surface area contributed by atoms with E-state index in [0.29, 0.717) is 18.4 Å². The number of aromatic nitrogens is 1. The van der Waals surface area contributed by atoms with Gasteiger partial charge in [-0.1, -0.05) is 13.8 Å². The van der Waals surface area contributed by atoms with E-state index in [0.717, 1.165) is 35.6 Å². The van der Waals surface area contributed by atoms with Crippen LogP contribution in [0.25, 0.3) is 11.1 Å². The molecule has 4 heteroatoms. The molecule has 19 heavy (non-hydrogen) atoms. The third kappa shape index (κ3) is 3.47. The van der Waals surface area contributed by atoms with Gasteiger partial charge in [0.2, 0.25) is 0 Å². The van der Waals surface area contributed by atoms with Gasteiger partial charge in [-0.15, -0.1) is 0 Å². The average Bonchev–Trinajstić information content (AvgIpc) is 2.78. The molecule has 1 aromatic carbocycles. The number of nitrogens with zero attached hydrogens (tertiary/aromatic N) is 1. The Morgan fingerprint density at radius 2 is 2.16 bits per heavy atom. The lowest BCUT2D eigenvalue weighted by atomic mass is 9.94. The Balaban J connectivity index is 2.16. The highest BCUT2D eigenvalue weighted by atomic mass is 16.5. The largest absolute Gasteiger partial charge is 0.497 e. The van der Waals surface area contributed by atoms with Crippen LogP contribution in [-0.4, -0.2) is 18.6 Å². The maximum atomic E-state index is 5.82. The third-order valence-corrected chi connectivity index (χ3v) is 3.24. The van der Waals surface area contributed by atoms with Gasteiger partial charge in [-0.25, -0.2) is 4.98 Å². The standard InChI is InChI=1S/C15H22N2O2/c1-10(2)6-11(9-16)7-15-17-13-5-4-12(18-3)8-14(13)19-15/h4-5,8,10-11H,6-7,9,16H2,1-3H3. The Morgan fingerprint density at radius 1 is 1.37 bits per heavy atom. The number of benzene rings is 1. The van der Waals surface area contributed by atoms with Crippen molar-refractivity contribution >= 4 is 11.1 Å². The van der Waals surface area contributed by atoms with E-state index in [1.165, 1.54) is 0 Å². The van der Waals surface area contributed by atoms with Crippen LogP contribution in [0.5, 0.6) is 5.75 Å². The van der Waals surface area contributed by atoms with E-state index in [2.05, 4.69) is 18.8 Å². The van der Waals surface area contributed by atoms with Crippen molar-refractivity contribution in [3.8, 4) is 5.75 Å². The van der Waals surface area contributed by atoms with Gasteiger partial charge in [0, 0.05) is 12.5 Å². The summed E-state index contributed by atoms with van der Waals surface area (Å²) in [4.78, 5) is 4.51. The molecule has 0 bridgehead atoms. The second kappa shape index (κ2) is 6.06. The zero-order valence-corrected chi connectivity index (χ0v) is 11.8. The predicted octanol–water partition coefficient (Wildman–Crippen LogP) is 3.00. The Morgan fingerprint density at radius 3 is 2.79 bits per heavy atom. The summed E-state index contributed by atoms with van der Waals surface area (Å²) >= 11 is 0. The molecule has 1 aromatic heterocycles. The molecule has 2 N–H and O–H groups in total. The molecular formula is C15H22N2O2. The number of ether oxygens (including phenoxy) is 1. The normalized spacial score (nSPS) is 13.1. The van der Waals surface area contributed by atoms with Crippen LogP contribution in [-0.2, 0) is 6.42 Å². The zero-order valence-electron chi connectivity index (χ0n) is 11.8. The molecule has 0 saturated carbocycles. The van der Waals surface area contributed by atoms with Crippen molar-refractivity contribution < 1.29 is 9.15 Å². The molecule has 0 fully saturated rings. The van der Waals surface area contributed by atoms with Crippen LogP contribution in [0.4, 0.5) is 0 Å². The maximum Gasteiger partial charge on any atom is 0.195 e. The molecular weight excluding hydrogens is 240 g/mol. The third-order valence-electron chi connectivity index (χ3n) is 3.24. The number of nitrogens with two attached hydrogens (primary N) is 1. The van der Waals surface area contributed by atoms with Gasteiger partial charge in [0.25, 0.3) is 0 Å². The number of oxazole rings is 1. The highest BCUT2D eigenvalue weighted by Crippen LogP contribution is 2.23. The molecule has 2 rings (SSSR count). The van der Waals surface area contributed by atoms with Gasteiger partial charge in [-0.3, -0.25) is 0 Å². The Bertz CT molecular complexity index is 534. The van der Waals surface area contributed by atoms with Crippen molar-refractivity contribution in [2.45, 2.75) is 26.7 Å². The summed E-state index contributed by atoms with van der Waals surface area (Å²) in [5.74, 6) is 2.61. The summed E-state index contributed by atoms with van der Waals surface area (Å²) in [6.45, 7) is 5.08. The van der Waals surface area contributed by atoms with E-state index in [1.807, 2.05) is 18.2 Å². The topological polar surface area (TPSA) is 61.3 Å². The fourth-order valence-electron chi connectivity index (χ4n) is 2.34. The van der Waals surface area contributed by atoms with Gasteiger partial charge in [-0.2, -0.15) is 0 Å². The molecule has 0 spiro atoms. The van der Waals surface area contributed by atoms with Crippen LogP contribution < -0.4 is 10.5 Å². The van der Waals surface area contributed by atoms with Crippen molar-refractivity contribution in [3.63, 3.8) is 0 Å². The molecule has 0 amide bonds. The van der Waals surface area contributed by atoms with Gasteiger partial charge in [-0.05, 0) is 36.9 Å². The first-order chi connectivity index (χ1) is 9.12. The second-order valence-electron chi connectivity index (χ2n) is 5.38. The van der Waals surface area contributed by atoms with E-state index < -0.39 is 0 Å². The fourth-order valence-corrected chi connectivity index (χ4v) is 2.34. The van der Waals surface area contributed by atoms with Crippen LogP contribution in [0.2, 0.25) is 0 Å². The fraction of sp³-hybridized carbons (Fsp3) is 0.533. The Labute approximate surface area is 114 Å². The summed E-state index contributed by atoms with van der Waals surface area (Å²) in [7, 11) is 1.64. The summed E-state index contributed by atoms with van der Waals surface area (Å²) in [5, 5.41) is 0. The van der Waals surface area contributed by atoms with E-state index in [9.17, 15) is 0 Å². The quantitative estimate of drug-likeness (QED) is 0.869. The minimum absolute atomic E-state index is 0.426. The summed E-state index contributed by atoms with van der Waals surface area (Å²) < 4.78 is 11.0. The number of hydrogen-bond acceptors (Lipinski definition) is 4. The molecule has 0 aliphatic heterocycles. The molecule has 0 radical (unpaired) electrons. The van der Waals surface area contributed by atoms with E-state index >= 15 is 0 Å². The molecule has 4 nitrogen and oxygen atoms in total. The number of methoxy groups -OCH3 is 1. The molecule has 0 saturated heterocycles. The van der Waals surface area contributed by atoms with Crippen molar-refractivity contribution in [1.29, 1.82) is 0 Å². The number of hydrogen-bond donors (Lipinski definition) is 1. The van der Waals surface area contributed by atoms with Crippen molar-refractivity contribution in [1.82, 2.24) is 4.98 Å². The Kier molecular flexibility index (Phi) is 4.43. The van der Waals surface area contributed by atoms with Crippen LogP contribution in [0, 0.1) is 11.8 Å². The molecule has 1 unspecified atom stereocenters. The minimum atomic E-state index is 0.426. The lowest BCUT2D eigenvalue weighted by Crippen LogP contribution is -2.18. The molecule has 1 atom stereocenters. The molecule has 104 valence electrons. The van der Waals surface area contributed by atoms with E-state index in [-0.39, 0.29) is 0 Å². The van der Waals surface area contributed by atoms with Gasteiger partial charge in [0.1, 0.15) is 11.3 Å². The Hall–Kier alpha value is -1.55. The van der Waals surface area contributed by atoms with Crippen LogP contribution in [0.15, 0.2) is 22.6 Å². The predicted molar refractivity (Wildman–Crippen MR) is 76.3 cm³/mol. The van der Waals surface area contributed by atoms with Crippen LogP contribution in [0.1, 0.15) is 26.2 Å². The monoisotopic (exact) mass is 262 g/mol. The summed E-state index contributed by atoms with van der Waals surface area (Å²) in [5.41, 5.74) is 7.46. The molecule has 0 aliphatic carbocycles. The number of fused-ring (bicyclic) bond motifs is 1. The second-order valence-corrected chi connectivity index (χ2v) is 5.38. The van der Waals surface area contributed by atoms with Gasteiger partial charge >= 0.3 is 0 Å². The first-order valence-corrected chi connectivity index (χ1v) is 6.76. The van der Waals surface area contributed by atoms with Crippen molar-refractivity contribution in [2.24, 2.45) is 17.6 Å². The lowest BCUT2D eigenvalue weighted by molar-refractivity contribution is 0.379. The average molecular weight is 262 g/mol.